The molecular formula is C19H19FN4O3S2. The van der Waals surface area contributed by atoms with Crippen molar-refractivity contribution in [3.8, 4) is 0 Å². The van der Waals surface area contributed by atoms with Crippen LogP contribution in [0, 0.1) is 12.7 Å². The van der Waals surface area contributed by atoms with Crippen molar-refractivity contribution in [3.63, 3.8) is 0 Å². The molecule has 7 nitrogen and oxygen atoms in total. The molecule has 0 saturated heterocycles. The first-order valence-electron chi connectivity index (χ1n) is 8.79. The molecule has 1 heterocycles. The highest BCUT2D eigenvalue weighted by Crippen LogP contribution is 2.20. The first-order valence-corrected chi connectivity index (χ1v) is 11.1. The van der Waals surface area contributed by atoms with Crippen molar-refractivity contribution < 1.29 is 17.6 Å². The van der Waals surface area contributed by atoms with Crippen LogP contribution >= 0.6 is 11.3 Å². The summed E-state index contributed by atoms with van der Waals surface area (Å²) < 4.78 is 39.8. The van der Waals surface area contributed by atoms with Crippen LogP contribution in [0.5, 0.6) is 0 Å². The largest absolute Gasteiger partial charge is 0.296 e. The Bertz CT molecular complexity index is 1080. The van der Waals surface area contributed by atoms with Gasteiger partial charge in [0.1, 0.15) is 5.82 Å². The Morgan fingerprint density at radius 1 is 1.07 bits per heavy atom. The number of nitrogens with one attached hydrogen (secondary N) is 2. The van der Waals surface area contributed by atoms with E-state index in [1.807, 2.05) is 6.92 Å². The summed E-state index contributed by atoms with van der Waals surface area (Å²) in [5.74, 6) is -0.701. The maximum absolute atomic E-state index is 12.9. The second-order valence-electron chi connectivity index (χ2n) is 6.32. The molecule has 0 unspecified atom stereocenters. The number of rotatable bonds is 8. The van der Waals surface area contributed by atoms with Gasteiger partial charge in [-0.3, -0.25) is 10.1 Å². The Labute approximate surface area is 172 Å². The zero-order valence-corrected chi connectivity index (χ0v) is 17.2. The summed E-state index contributed by atoms with van der Waals surface area (Å²) in [5, 5.41) is 10.0. The number of halogens is 1. The molecule has 1 aromatic heterocycles. The normalized spacial score (nSPS) is 11.4. The van der Waals surface area contributed by atoms with Crippen molar-refractivity contribution >= 4 is 32.4 Å². The number of aryl methyl sites for hydroxylation is 2. The maximum atomic E-state index is 12.9. The quantitative estimate of drug-likeness (QED) is 0.419. The summed E-state index contributed by atoms with van der Waals surface area (Å²) in [6.45, 7) is 2.11. The third-order valence-corrected chi connectivity index (χ3v) is 6.69. The van der Waals surface area contributed by atoms with Crippen molar-refractivity contribution in [2.75, 3.05) is 11.9 Å². The van der Waals surface area contributed by atoms with E-state index < -0.39 is 15.9 Å². The van der Waals surface area contributed by atoms with Crippen molar-refractivity contribution in [1.82, 2.24) is 14.9 Å². The van der Waals surface area contributed by atoms with Crippen molar-refractivity contribution in [2.45, 2.75) is 24.1 Å². The van der Waals surface area contributed by atoms with E-state index in [-0.39, 0.29) is 21.8 Å². The summed E-state index contributed by atoms with van der Waals surface area (Å²) >= 11 is 0.776. The van der Waals surface area contributed by atoms with E-state index in [1.54, 1.807) is 36.4 Å². The number of carbonyl (C=O) groups is 1. The highest BCUT2D eigenvalue weighted by atomic mass is 32.2. The molecule has 1 amide bonds. The van der Waals surface area contributed by atoms with Crippen LogP contribution in [0.4, 0.5) is 9.52 Å². The van der Waals surface area contributed by atoms with Gasteiger partial charge in [0.25, 0.3) is 15.9 Å². The number of amides is 1. The number of hydrogen-bond acceptors (Lipinski definition) is 6. The minimum Gasteiger partial charge on any atom is -0.296 e. The van der Waals surface area contributed by atoms with Gasteiger partial charge in [0, 0.05) is 12.1 Å². The highest BCUT2D eigenvalue weighted by molar-refractivity contribution is 7.91. The predicted molar refractivity (Wildman–Crippen MR) is 109 cm³/mol. The molecule has 0 saturated carbocycles. The molecule has 0 spiro atoms. The fourth-order valence-electron chi connectivity index (χ4n) is 2.45. The summed E-state index contributed by atoms with van der Waals surface area (Å²) in [6.07, 6.45) is 1.15. The molecule has 10 heteroatoms. The van der Waals surface area contributed by atoms with Gasteiger partial charge in [-0.2, -0.15) is 0 Å². The van der Waals surface area contributed by atoms with Gasteiger partial charge in [0.05, 0.1) is 0 Å². The zero-order chi connectivity index (χ0) is 20.9. The lowest BCUT2D eigenvalue weighted by atomic mass is 10.1. The Balaban J connectivity index is 1.53. The van der Waals surface area contributed by atoms with Crippen molar-refractivity contribution in [3.05, 3.63) is 71.0 Å². The van der Waals surface area contributed by atoms with Crippen LogP contribution in [0.15, 0.2) is 52.9 Å². The molecule has 0 bridgehead atoms. The molecule has 0 aliphatic heterocycles. The van der Waals surface area contributed by atoms with Crippen LogP contribution in [0.3, 0.4) is 0 Å². The molecule has 3 aromatic rings. The average molecular weight is 435 g/mol. The third-order valence-electron chi connectivity index (χ3n) is 4.02. The number of aromatic nitrogens is 2. The standard InChI is InChI=1S/C19H19FN4O3S2/c1-13-4-8-15(9-5-13)17(25)22-18-23-24-19(28-18)29(26,27)21-12-2-3-14-6-10-16(20)11-7-14/h4-11,21H,2-3,12H2,1H3,(H,22,23,25). The minimum atomic E-state index is -3.82. The smallest absolute Gasteiger partial charge is 0.269 e. The molecule has 2 N–H and O–H groups in total. The van der Waals surface area contributed by atoms with E-state index in [0.717, 1.165) is 22.5 Å². The van der Waals surface area contributed by atoms with Gasteiger partial charge in [0.15, 0.2) is 0 Å². The number of benzene rings is 2. The van der Waals surface area contributed by atoms with Gasteiger partial charge in [-0.15, -0.1) is 10.2 Å². The number of anilines is 1. The summed E-state index contributed by atoms with van der Waals surface area (Å²) in [4.78, 5) is 12.2. The molecule has 0 atom stereocenters. The van der Waals surface area contributed by atoms with E-state index >= 15 is 0 Å². The molecule has 2 aromatic carbocycles. The molecular weight excluding hydrogens is 415 g/mol. The van der Waals surface area contributed by atoms with E-state index in [4.69, 9.17) is 0 Å². The Morgan fingerprint density at radius 2 is 1.76 bits per heavy atom. The van der Waals surface area contributed by atoms with Gasteiger partial charge < -0.3 is 0 Å². The van der Waals surface area contributed by atoms with Crippen LogP contribution in [-0.4, -0.2) is 31.1 Å². The zero-order valence-electron chi connectivity index (χ0n) is 15.6. The number of hydrogen-bond donors (Lipinski definition) is 2. The Morgan fingerprint density at radius 3 is 2.45 bits per heavy atom. The first kappa shape index (κ1) is 21.0. The van der Waals surface area contributed by atoms with E-state index in [0.29, 0.717) is 18.4 Å². The lowest BCUT2D eigenvalue weighted by Gasteiger charge is -2.04. The topological polar surface area (TPSA) is 101 Å². The SMILES string of the molecule is Cc1ccc(C(=O)Nc2nnc(S(=O)(=O)NCCCc3ccc(F)cc3)s2)cc1. The van der Waals surface area contributed by atoms with Crippen LogP contribution in [-0.2, 0) is 16.4 Å². The summed E-state index contributed by atoms with van der Waals surface area (Å²) in [6, 6.07) is 13.0. The first-order chi connectivity index (χ1) is 13.8. The van der Waals surface area contributed by atoms with E-state index in [9.17, 15) is 17.6 Å². The lowest BCUT2D eigenvalue weighted by molar-refractivity contribution is 0.102. The monoisotopic (exact) mass is 434 g/mol. The molecule has 29 heavy (non-hydrogen) atoms. The van der Waals surface area contributed by atoms with Gasteiger partial charge >= 0.3 is 0 Å². The second-order valence-corrected chi connectivity index (χ2v) is 9.24. The Kier molecular flexibility index (Phi) is 6.68. The second kappa shape index (κ2) is 9.21. The minimum absolute atomic E-state index is 0.0993. The van der Waals surface area contributed by atoms with E-state index in [2.05, 4.69) is 20.2 Å². The summed E-state index contributed by atoms with van der Waals surface area (Å²) in [7, 11) is -3.82. The number of nitrogens with zero attached hydrogens (tertiary/aromatic N) is 2. The molecule has 0 aliphatic carbocycles. The van der Waals surface area contributed by atoms with E-state index in [1.165, 1.54) is 12.1 Å². The molecule has 0 radical (unpaired) electrons. The Hall–Kier alpha value is -2.69. The summed E-state index contributed by atoms with van der Waals surface area (Å²) in [5.41, 5.74) is 2.38. The van der Waals surface area contributed by atoms with Crippen LogP contribution in [0.2, 0.25) is 0 Å². The van der Waals surface area contributed by atoms with Crippen molar-refractivity contribution in [2.24, 2.45) is 0 Å². The number of sulfonamides is 1. The molecule has 0 aliphatic rings. The fourth-order valence-corrected chi connectivity index (χ4v) is 4.46. The van der Waals surface area contributed by atoms with Gasteiger partial charge in [-0.1, -0.05) is 41.2 Å². The molecule has 0 fully saturated rings. The van der Waals surface area contributed by atoms with Crippen molar-refractivity contribution in [1.29, 1.82) is 0 Å². The molecule has 3 rings (SSSR count). The van der Waals surface area contributed by atoms with Crippen LogP contribution in [0.1, 0.15) is 27.9 Å². The maximum Gasteiger partial charge on any atom is 0.269 e. The highest BCUT2D eigenvalue weighted by Gasteiger charge is 2.20. The van der Waals surface area contributed by atoms with Crippen LogP contribution in [0.25, 0.3) is 0 Å². The van der Waals surface area contributed by atoms with Gasteiger partial charge in [-0.25, -0.2) is 17.5 Å². The molecule has 152 valence electrons. The third kappa shape index (κ3) is 5.89. The predicted octanol–water partition coefficient (Wildman–Crippen LogP) is 3.15. The number of carbonyl (C=O) groups excluding carboxylic acids is 1. The fraction of sp³-hybridized carbons (Fsp3) is 0.211. The average Bonchev–Trinajstić information content (AvgIpc) is 3.16. The lowest BCUT2D eigenvalue weighted by Crippen LogP contribution is -2.25. The van der Waals surface area contributed by atoms with Gasteiger partial charge in [-0.05, 0) is 49.6 Å². The van der Waals surface area contributed by atoms with Gasteiger partial charge in [0.2, 0.25) is 9.47 Å². The van der Waals surface area contributed by atoms with Crippen LogP contribution < -0.4 is 10.0 Å².